The lowest BCUT2D eigenvalue weighted by atomic mass is 10.2. The third kappa shape index (κ3) is 5.55. The summed E-state index contributed by atoms with van der Waals surface area (Å²) in [6.07, 6.45) is 0. The number of hydrogen-bond donors (Lipinski definition) is 2. The van der Waals surface area contributed by atoms with Gasteiger partial charge in [0.2, 0.25) is 12.7 Å². The quantitative estimate of drug-likeness (QED) is 0.460. The highest BCUT2D eigenvalue weighted by molar-refractivity contribution is 7.99. The summed E-state index contributed by atoms with van der Waals surface area (Å²) in [7, 11) is 1.79. The molecule has 2 N–H and O–H groups in total. The molecule has 2 amide bonds. The number of carbonyl (C=O) groups is 2. The lowest BCUT2D eigenvalue weighted by Gasteiger charge is -2.08. The molecule has 2 heterocycles. The Morgan fingerprint density at radius 2 is 1.91 bits per heavy atom. The summed E-state index contributed by atoms with van der Waals surface area (Å²) in [5.74, 6) is 2.23. The van der Waals surface area contributed by atoms with Gasteiger partial charge in [-0.25, -0.2) is 0 Å². The second-order valence-corrected chi connectivity index (χ2v) is 7.95. The molecule has 3 aromatic rings. The Morgan fingerprint density at radius 1 is 1.12 bits per heavy atom. The van der Waals surface area contributed by atoms with E-state index in [0.717, 1.165) is 5.75 Å². The molecule has 10 nitrogen and oxygen atoms in total. The summed E-state index contributed by atoms with van der Waals surface area (Å²) in [5, 5.41) is 14.5. The van der Waals surface area contributed by atoms with Gasteiger partial charge in [0.1, 0.15) is 5.75 Å². The van der Waals surface area contributed by atoms with Crippen LogP contribution in [0.3, 0.4) is 0 Å². The van der Waals surface area contributed by atoms with E-state index in [4.69, 9.17) is 14.2 Å². The number of hydrogen-bond acceptors (Lipinski definition) is 8. The van der Waals surface area contributed by atoms with E-state index < -0.39 is 0 Å². The van der Waals surface area contributed by atoms with Crippen LogP contribution in [0.4, 0.5) is 5.69 Å². The van der Waals surface area contributed by atoms with Crippen molar-refractivity contribution in [2.45, 2.75) is 18.6 Å². The van der Waals surface area contributed by atoms with Crippen LogP contribution in [0, 0.1) is 0 Å². The number of rotatable bonds is 9. The second kappa shape index (κ2) is 10.3. The summed E-state index contributed by atoms with van der Waals surface area (Å²) >= 11 is 1.26. The van der Waals surface area contributed by atoms with E-state index in [-0.39, 0.29) is 30.9 Å². The molecular weight excluding hydrogens is 446 g/mol. The summed E-state index contributed by atoms with van der Waals surface area (Å²) in [4.78, 5) is 24.7. The number of anilines is 1. The normalized spacial score (nSPS) is 11.8. The smallest absolute Gasteiger partial charge is 0.251 e. The molecule has 0 fully saturated rings. The van der Waals surface area contributed by atoms with Gasteiger partial charge in [-0.05, 0) is 49.4 Å². The topological polar surface area (TPSA) is 117 Å². The highest BCUT2D eigenvalue weighted by atomic mass is 32.2. The van der Waals surface area contributed by atoms with Gasteiger partial charge >= 0.3 is 0 Å². The van der Waals surface area contributed by atoms with E-state index in [2.05, 4.69) is 20.8 Å². The fourth-order valence-electron chi connectivity index (χ4n) is 3.05. The van der Waals surface area contributed by atoms with Crippen molar-refractivity contribution in [3.63, 3.8) is 0 Å². The molecule has 172 valence electrons. The Bertz CT molecular complexity index is 1150. The van der Waals surface area contributed by atoms with E-state index in [9.17, 15) is 9.59 Å². The summed E-state index contributed by atoms with van der Waals surface area (Å²) in [6.45, 7) is 2.84. The van der Waals surface area contributed by atoms with Crippen molar-refractivity contribution in [1.29, 1.82) is 0 Å². The van der Waals surface area contributed by atoms with Crippen molar-refractivity contribution in [1.82, 2.24) is 20.1 Å². The van der Waals surface area contributed by atoms with Crippen molar-refractivity contribution >= 4 is 29.3 Å². The number of carbonyl (C=O) groups excluding carboxylic acids is 2. The molecule has 0 saturated heterocycles. The molecule has 1 aliphatic rings. The summed E-state index contributed by atoms with van der Waals surface area (Å²) in [5.41, 5.74) is 1.15. The van der Waals surface area contributed by atoms with Crippen LogP contribution >= 0.6 is 11.8 Å². The molecule has 4 rings (SSSR count). The maximum absolute atomic E-state index is 12.5. The Morgan fingerprint density at radius 3 is 2.70 bits per heavy atom. The number of ether oxygens (including phenoxy) is 3. The Balaban J connectivity index is 1.26. The number of amides is 2. The van der Waals surface area contributed by atoms with Crippen LogP contribution < -0.4 is 24.8 Å². The molecule has 33 heavy (non-hydrogen) atoms. The number of fused-ring (bicyclic) bond motifs is 1. The molecule has 0 unspecified atom stereocenters. The molecule has 0 atom stereocenters. The number of aromatic nitrogens is 3. The first kappa shape index (κ1) is 22.5. The zero-order chi connectivity index (χ0) is 23.2. The lowest BCUT2D eigenvalue weighted by molar-refractivity contribution is -0.113. The zero-order valence-electron chi connectivity index (χ0n) is 18.2. The van der Waals surface area contributed by atoms with Gasteiger partial charge in [-0.2, -0.15) is 0 Å². The summed E-state index contributed by atoms with van der Waals surface area (Å²) < 4.78 is 17.7. The molecule has 11 heteroatoms. The number of nitrogens with zero attached hydrogens (tertiary/aromatic N) is 3. The average Bonchev–Trinajstić information content (AvgIpc) is 3.43. The third-order valence-corrected chi connectivity index (χ3v) is 5.77. The SMILES string of the molecule is CCOc1ccc(NC(=O)CSc2nnc(CNC(=O)c3ccc4c(c3)OCO4)n2C)cc1. The van der Waals surface area contributed by atoms with Crippen LogP contribution in [0.25, 0.3) is 0 Å². The third-order valence-electron chi connectivity index (χ3n) is 4.75. The molecule has 0 radical (unpaired) electrons. The van der Waals surface area contributed by atoms with Crippen LogP contribution in [0.1, 0.15) is 23.1 Å². The lowest BCUT2D eigenvalue weighted by Crippen LogP contribution is -2.24. The van der Waals surface area contributed by atoms with E-state index in [1.54, 1.807) is 54.1 Å². The van der Waals surface area contributed by atoms with Gasteiger partial charge in [0.05, 0.1) is 18.9 Å². The second-order valence-electron chi connectivity index (χ2n) is 7.00. The fourth-order valence-corrected chi connectivity index (χ4v) is 3.78. The first-order valence-corrected chi connectivity index (χ1v) is 11.2. The van der Waals surface area contributed by atoms with Crippen LogP contribution in [0.5, 0.6) is 17.2 Å². The fraction of sp³-hybridized carbons (Fsp3) is 0.273. The Kier molecular flexibility index (Phi) is 6.98. The molecular formula is C22H23N5O5S. The highest BCUT2D eigenvalue weighted by Gasteiger charge is 2.17. The predicted octanol–water partition coefficient (Wildman–Crippen LogP) is 2.60. The van der Waals surface area contributed by atoms with Gasteiger partial charge < -0.3 is 29.4 Å². The first-order valence-electron chi connectivity index (χ1n) is 10.2. The van der Waals surface area contributed by atoms with E-state index in [1.165, 1.54) is 11.8 Å². The molecule has 2 aromatic carbocycles. The average molecular weight is 470 g/mol. The Labute approximate surface area is 194 Å². The largest absolute Gasteiger partial charge is 0.494 e. The minimum atomic E-state index is -0.264. The van der Waals surface area contributed by atoms with E-state index in [1.807, 2.05) is 6.92 Å². The standard InChI is InChI=1S/C22H23N5O5S/c1-3-30-16-7-5-15(6-8-16)24-20(28)12-33-22-26-25-19(27(22)2)11-23-21(29)14-4-9-17-18(10-14)32-13-31-17/h4-10H,3,11-13H2,1-2H3,(H,23,29)(H,24,28). The zero-order valence-corrected chi connectivity index (χ0v) is 19.0. The molecule has 0 saturated carbocycles. The molecule has 0 aliphatic carbocycles. The van der Waals surface area contributed by atoms with Gasteiger partial charge in [0.25, 0.3) is 5.91 Å². The molecule has 0 bridgehead atoms. The van der Waals surface area contributed by atoms with Crippen LogP contribution in [0.15, 0.2) is 47.6 Å². The molecule has 1 aliphatic heterocycles. The van der Waals surface area contributed by atoms with Gasteiger partial charge in [0.15, 0.2) is 22.5 Å². The van der Waals surface area contributed by atoms with Crippen molar-refractivity contribution in [2.24, 2.45) is 7.05 Å². The van der Waals surface area contributed by atoms with Crippen molar-refractivity contribution in [3.8, 4) is 17.2 Å². The van der Waals surface area contributed by atoms with Crippen LogP contribution in [-0.4, -0.2) is 45.7 Å². The van der Waals surface area contributed by atoms with Gasteiger partial charge in [0, 0.05) is 18.3 Å². The van der Waals surface area contributed by atoms with Gasteiger partial charge in [-0.1, -0.05) is 11.8 Å². The Hall–Kier alpha value is -3.73. The van der Waals surface area contributed by atoms with Crippen LogP contribution in [0.2, 0.25) is 0 Å². The number of thioether (sulfide) groups is 1. The minimum Gasteiger partial charge on any atom is -0.494 e. The molecule has 1 aromatic heterocycles. The van der Waals surface area contributed by atoms with Crippen molar-refractivity contribution in [2.75, 3.05) is 24.5 Å². The number of nitrogens with one attached hydrogen (secondary N) is 2. The van der Waals surface area contributed by atoms with E-state index >= 15 is 0 Å². The minimum absolute atomic E-state index is 0.151. The predicted molar refractivity (Wildman–Crippen MR) is 122 cm³/mol. The maximum atomic E-state index is 12.5. The highest BCUT2D eigenvalue weighted by Crippen LogP contribution is 2.32. The van der Waals surface area contributed by atoms with E-state index in [0.29, 0.717) is 40.3 Å². The van der Waals surface area contributed by atoms with Gasteiger partial charge in [-0.3, -0.25) is 9.59 Å². The summed E-state index contributed by atoms with van der Waals surface area (Å²) in [6, 6.07) is 12.2. The maximum Gasteiger partial charge on any atom is 0.251 e. The van der Waals surface area contributed by atoms with Crippen LogP contribution in [-0.2, 0) is 18.4 Å². The monoisotopic (exact) mass is 469 g/mol. The number of benzene rings is 2. The van der Waals surface area contributed by atoms with Gasteiger partial charge in [-0.15, -0.1) is 10.2 Å². The van der Waals surface area contributed by atoms with Crippen molar-refractivity contribution < 1.29 is 23.8 Å². The molecule has 0 spiro atoms. The first-order chi connectivity index (χ1) is 16.0. The van der Waals surface area contributed by atoms with Crippen molar-refractivity contribution in [3.05, 3.63) is 53.9 Å².